The van der Waals surface area contributed by atoms with Crippen molar-refractivity contribution in [1.29, 1.82) is 0 Å². The third-order valence-corrected chi connectivity index (χ3v) is 7.02. The molecule has 0 aromatic heterocycles. The van der Waals surface area contributed by atoms with Crippen LogP contribution in [0.5, 0.6) is 0 Å². The summed E-state index contributed by atoms with van der Waals surface area (Å²) in [5.74, 6) is -0.817. The Labute approximate surface area is 171 Å². The van der Waals surface area contributed by atoms with Crippen LogP contribution in [0, 0.1) is 23.4 Å². The van der Waals surface area contributed by atoms with E-state index in [4.69, 9.17) is 0 Å². The van der Waals surface area contributed by atoms with Crippen LogP contribution < -0.4 is 0 Å². The second-order valence-corrected chi connectivity index (χ2v) is 8.63. The number of hydrogen-bond acceptors (Lipinski definition) is 0. The summed E-state index contributed by atoms with van der Waals surface area (Å²) in [5.41, 5.74) is 4.25. The van der Waals surface area contributed by atoms with Gasteiger partial charge in [-0.15, -0.1) is 0 Å². The molecule has 0 saturated heterocycles. The lowest BCUT2D eigenvalue weighted by molar-refractivity contribution is 0.312. The molecule has 2 aliphatic carbocycles. The largest absolute Gasteiger partial charge is 0.207 e. The summed E-state index contributed by atoms with van der Waals surface area (Å²) in [7, 11) is 0. The molecule has 1 saturated carbocycles. The minimum atomic E-state index is -0.750. The van der Waals surface area contributed by atoms with Crippen LogP contribution in [0.2, 0.25) is 0 Å². The first-order valence-corrected chi connectivity index (χ1v) is 11.0. The smallest absolute Gasteiger partial charge is 0.166 e. The number of fused-ring (bicyclic) bond motifs is 1. The molecule has 0 unspecified atom stereocenters. The van der Waals surface area contributed by atoms with E-state index in [1.807, 2.05) is 19.1 Å². The number of rotatable bonds is 4. The van der Waals surface area contributed by atoms with Crippen LogP contribution >= 0.6 is 0 Å². The first-order valence-electron chi connectivity index (χ1n) is 11.0. The van der Waals surface area contributed by atoms with Gasteiger partial charge in [0.15, 0.2) is 11.6 Å². The Bertz CT molecular complexity index is 933. The first-order chi connectivity index (χ1) is 14.0. The minimum Gasteiger partial charge on any atom is -0.207 e. The highest BCUT2D eigenvalue weighted by atomic mass is 19.2. The van der Waals surface area contributed by atoms with Crippen molar-refractivity contribution in [3.63, 3.8) is 0 Å². The topological polar surface area (TPSA) is 0 Å². The molecule has 2 aromatic rings. The molecule has 1 fully saturated rings. The average molecular weight is 399 g/mol. The van der Waals surface area contributed by atoms with E-state index in [0.717, 1.165) is 48.3 Å². The molecular weight excluding hydrogens is 369 g/mol. The maximum atomic E-state index is 15.0. The molecular formula is C26H29F3. The van der Waals surface area contributed by atoms with Gasteiger partial charge in [0.05, 0.1) is 0 Å². The Balaban J connectivity index is 1.58. The van der Waals surface area contributed by atoms with Gasteiger partial charge in [-0.1, -0.05) is 44.5 Å². The molecule has 0 nitrogen and oxygen atoms in total. The van der Waals surface area contributed by atoms with Crippen molar-refractivity contribution >= 4 is 5.57 Å². The number of allylic oxidation sites excluding steroid dienone is 2. The number of hydrogen-bond donors (Lipinski definition) is 0. The molecule has 0 N–H and O–H groups in total. The van der Waals surface area contributed by atoms with Gasteiger partial charge >= 0.3 is 0 Å². The van der Waals surface area contributed by atoms with Gasteiger partial charge in [-0.25, -0.2) is 13.2 Å². The van der Waals surface area contributed by atoms with E-state index < -0.39 is 11.6 Å². The number of aryl methyl sites for hydroxylation is 1. The molecule has 4 rings (SSSR count). The van der Waals surface area contributed by atoms with Gasteiger partial charge in [0.1, 0.15) is 5.82 Å². The quantitative estimate of drug-likeness (QED) is 0.499. The molecule has 29 heavy (non-hydrogen) atoms. The van der Waals surface area contributed by atoms with Crippen LogP contribution in [0.1, 0.15) is 79.7 Å². The van der Waals surface area contributed by atoms with Gasteiger partial charge in [-0.3, -0.25) is 0 Å². The molecule has 0 bridgehead atoms. The second kappa shape index (κ2) is 8.38. The highest BCUT2D eigenvalue weighted by molar-refractivity contribution is 5.71. The molecule has 2 aromatic carbocycles. The van der Waals surface area contributed by atoms with Gasteiger partial charge in [0.25, 0.3) is 0 Å². The highest BCUT2D eigenvalue weighted by Gasteiger charge is 2.27. The average Bonchev–Trinajstić information content (AvgIpc) is 2.75. The van der Waals surface area contributed by atoms with Gasteiger partial charge in [-0.2, -0.15) is 0 Å². The predicted molar refractivity (Wildman–Crippen MR) is 113 cm³/mol. The lowest BCUT2D eigenvalue weighted by Gasteiger charge is -2.28. The van der Waals surface area contributed by atoms with Crippen molar-refractivity contribution < 1.29 is 13.2 Å². The predicted octanol–water partition coefficient (Wildman–Crippen LogP) is 7.53. The van der Waals surface area contributed by atoms with E-state index in [-0.39, 0.29) is 11.7 Å². The zero-order valence-electron chi connectivity index (χ0n) is 17.3. The third kappa shape index (κ3) is 3.89. The molecule has 154 valence electrons. The zero-order chi connectivity index (χ0) is 20.5. The molecule has 3 heteroatoms. The van der Waals surface area contributed by atoms with E-state index in [2.05, 4.69) is 6.92 Å². The van der Waals surface area contributed by atoms with Crippen molar-refractivity contribution in [2.24, 2.45) is 5.92 Å². The zero-order valence-corrected chi connectivity index (χ0v) is 17.3. The van der Waals surface area contributed by atoms with E-state index in [1.165, 1.54) is 6.42 Å². The van der Waals surface area contributed by atoms with Crippen LogP contribution in [0.25, 0.3) is 5.57 Å². The number of halogens is 3. The van der Waals surface area contributed by atoms with Crippen LogP contribution in [0.4, 0.5) is 13.2 Å². The van der Waals surface area contributed by atoms with Crippen molar-refractivity contribution in [3.8, 4) is 0 Å². The van der Waals surface area contributed by atoms with E-state index in [1.54, 1.807) is 18.2 Å². The van der Waals surface area contributed by atoms with Crippen molar-refractivity contribution in [2.75, 3.05) is 0 Å². The summed E-state index contributed by atoms with van der Waals surface area (Å²) < 4.78 is 44.2. The fourth-order valence-electron chi connectivity index (χ4n) is 5.06. The second-order valence-electron chi connectivity index (χ2n) is 8.63. The molecule has 0 amide bonds. The molecule has 0 heterocycles. The lowest BCUT2D eigenvalue weighted by Crippen LogP contribution is -2.15. The highest BCUT2D eigenvalue weighted by Crippen LogP contribution is 2.40. The Kier molecular flexibility index (Phi) is 5.85. The normalized spacial score (nSPS) is 21.6. The first kappa shape index (κ1) is 20.3. The monoisotopic (exact) mass is 398 g/mol. The molecule has 2 aliphatic rings. The summed E-state index contributed by atoms with van der Waals surface area (Å²) in [6.07, 6.45) is 8.90. The SMILES string of the molecule is CCc1cc2c(cc1F)CC(c1ccc(C3CCC(CC)CC3)c(F)c1F)=CC2. The Morgan fingerprint density at radius 3 is 2.34 bits per heavy atom. The van der Waals surface area contributed by atoms with Crippen molar-refractivity contribution in [3.05, 3.63) is 75.6 Å². The van der Waals surface area contributed by atoms with E-state index >= 15 is 4.39 Å². The van der Waals surface area contributed by atoms with Gasteiger partial charge in [0.2, 0.25) is 0 Å². The Hall–Kier alpha value is -2.03. The number of benzene rings is 2. The molecule has 0 radical (unpaired) electrons. The summed E-state index contributed by atoms with van der Waals surface area (Å²) in [4.78, 5) is 0. The molecule has 0 aliphatic heterocycles. The van der Waals surface area contributed by atoms with Crippen molar-refractivity contribution in [2.45, 2.75) is 71.1 Å². The summed E-state index contributed by atoms with van der Waals surface area (Å²) in [6.45, 7) is 4.13. The third-order valence-electron chi connectivity index (χ3n) is 7.02. The van der Waals surface area contributed by atoms with E-state index in [9.17, 15) is 8.78 Å². The van der Waals surface area contributed by atoms with Gasteiger partial charge in [-0.05, 0) is 90.7 Å². The van der Waals surface area contributed by atoms with Gasteiger partial charge < -0.3 is 0 Å². The maximum absolute atomic E-state index is 15.0. The lowest BCUT2D eigenvalue weighted by atomic mass is 9.77. The fraction of sp³-hybridized carbons (Fsp3) is 0.462. The molecule has 0 spiro atoms. The Morgan fingerprint density at radius 2 is 1.66 bits per heavy atom. The minimum absolute atomic E-state index is 0.115. The maximum Gasteiger partial charge on any atom is 0.166 e. The summed E-state index contributed by atoms with van der Waals surface area (Å²) in [5, 5.41) is 0. The molecule has 0 atom stereocenters. The fourth-order valence-corrected chi connectivity index (χ4v) is 5.06. The van der Waals surface area contributed by atoms with Crippen LogP contribution in [-0.4, -0.2) is 0 Å². The van der Waals surface area contributed by atoms with Crippen LogP contribution in [0.3, 0.4) is 0 Å². The van der Waals surface area contributed by atoms with Gasteiger partial charge in [0, 0.05) is 5.56 Å². The van der Waals surface area contributed by atoms with Crippen molar-refractivity contribution in [1.82, 2.24) is 0 Å². The van der Waals surface area contributed by atoms with Crippen LogP contribution in [-0.2, 0) is 19.3 Å². The van der Waals surface area contributed by atoms with E-state index in [0.29, 0.717) is 36.0 Å². The standard InChI is InChI=1S/C26H29F3/c1-3-16-5-7-18(8-6-16)22-11-12-23(26(29)25(22)28)20-10-9-19-13-17(4-2)24(27)15-21(19)14-20/h10-13,15-16,18H,3-9,14H2,1-2H3. The Morgan fingerprint density at radius 1 is 0.897 bits per heavy atom. The summed E-state index contributed by atoms with van der Waals surface area (Å²) in [6, 6.07) is 6.98. The summed E-state index contributed by atoms with van der Waals surface area (Å²) >= 11 is 0. The van der Waals surface area contributed by atoms with Crippen LogP contribution in [0.15, 0.2) is 30.3 Å².